The van der Waals surface area contributed by atoms with E-state index in [9.17, 15) is 18.0 Å². The van der Waals surface area contributed by atoms with E-state index in [1.54, 1.807) is 0 Å². The standard InChI is InChI=1S/C21H26N4O.C2HF3O2/c1-17-7-8-19(15-23-17)25-14-13-24(16-18-5-3-2-4-6-18)21(20(25)26)9-11-22-12-10-21;3-2(4,5)1(6)7/h2-8,15,22H,9-14,16H2,1H3;(H,6,7). The number of piperidine rings is 1. The maximum Gasteiger partial charge on any atom is 0.490 e. The zero-order chi connectivity index (χ0) is 24.1. The highest BCUT2D eigenvalue weighted by Gasteiger charge is 2.49. The lowest BCUT2D eigenvalue weighted by atomic mass is 9.82. The number of nitrogens with one attached hydrogen (secondary N) is 1. The monoisotopic (exact) mass is 464 g/mol. The largest absolute Gasteiger partial charge is 0.490 e. The van der Waals surface area contributed by atoms with Crippen LogP contribution in [-0.4, -0.2) is 64.8 Å². The molecule has 4 rings (SSSR count). The Balaban J connectivity index is 0.000000383. The van der Waals surface area contributed by atoms with Crippen molar-refractivity contribution in [2.45, 2.75) is 38.0 Å². The van der Waals surface area contributed by atoms with Gasteiger partial charge in [-0.2, -0.15) is 13.2 Å². The van der Waals surface area contributed by atoms with Crippen molar-refractivity contribution >= 4 is 17.6 Å². The van der Waals surface area contributed by atoms with Gasteiger partial charge in [0.15, 0.2) is 0 Å². The molecule has 2 aliphatic rings. The van der Waals surface area contributed by atoms with Crippen LogP contribution in [0.2, 0.25) is 0 Å². The molecule has 7 nitrogen and oxygen atoms in total. The highest BCUT2D eigenvalue weighted by atomic mass is 19.4. The number of nitrogens with zero attached hydrogens (tertiary/aromatic N) is 3. The third-order valence-corrected chi connectivity index (χ3v) is 5.94. The number of anilines is 1. The van der Waals surface area contributed by atoms with Crippen LogP contribution in [0.15, 0.2) is 48.7 Å². The van der Waals surface area contributed by atoms with Gasteiger partial charge in [-0.25, -0.2) is 4.79 Å². The molecule has 1 aromatic carbocycles. The number of carbonyl (C=O) groups excluding carboxylic acids is 1. The Kier molecular flexibility index (Phi) is 7.70. The predicted octanol–water partition coefficient (Wildman–Crippen LogP) is 2.99. The number of aryl methyl sites for hydroxylation is 1. The first-order valence-corrected chi connectivity index (χ1v) is 10.7. The number of pyridine rings is 1. The fourth-order valence-corrected chi connectivity index (χ4v) is 4.19. The van der Waals surface area contributed by atoms with Gasteiger partial charge in [-0.3, -0.25) is 14.7 Å². The quantitative estimate of drug-likeness (QED) is 0.727. The molecule has 0 aliphatic carbocycles. The third-order valence-electron chi connectivity index (χ3n) is 5.94. The van der Waals surface area contributed by atoms with E-state index in [1.165, 1.54) is 5.56 Å². The van der Waals surface area contributed by atoms with Crippen LogP contribution in [0.1, 0.15) is 24.1 Å². The number of carboxylic acids is 1. The van der Waals surface area contributed by atoms with Crippen LogP contribution in [0.3, 0.4) is 0 Å². The molecule has 0 radical (unpaired) electrons. The molecular weight excluding hydrogens is 437 g/mol. The molecule has 33 heavy (non-hydrogen) atoms. The second-order valence-corrected chi connectivity index (χ2v) is 8.11. The second-order valence-electron chi connectivity index (χ2n) is 8.11. The number of aliphatic carboxylic acids is 1. The minimum Gasteiger partial charge on any atom is -0.475 e. The molecule has 1 amide bonds. The van der Waals surface area contributed by atoms with Crippen molar-refractivity contribution < 1.29 is 27.9 Å². The molecule has 2 aliphatic heterocycles. The molecule has 10 heteroatoms. The van der Waals surface area contributed by atoms with Crippen LogP contribution >= 0.6 is 0 Å². The molecule has 1 aromatic heterocycles. The van der Waals surface area contributed by atoms with Crippen molar-refractivity contribution in [3.63, 3.8) is 0 Å². The predicted molar refractivity (Wildman–Crippen MR) is 117 cm³/mol. The van der Waals surface area contributed by atoms with Crippen molar-refractivity contribution in [3.8, 4) is 0 Å². The summed E-state index contributed by atoms with van der Waals surface area (Å²) in [6, 6.07) is 14.5. The van der Waals surface area contributed by atoms with Crippen molar-refractivity contribution in [1.29, 1.82) is 0 Å². The summed E-state index contributed by atoms with van der Waals surface area (Å²) in [5.74, 6) is -2.53. The van der Waals surface area contributed by atoms with Gasteiger partial charge in [0, 0.05) is 25.3 Å². The molecule has 178 valence electrons. The van der Waals surface area contributed by atoms with E-state index in [-0.39, 0.29) is 5.91 Å². The average molecular weight is 464 g/mol. The van der Waals surface area contributed by atoms with E-state index >= 15 is 0 Å². The summed E-state index contributed by atoms with van der Waals surface area (Å²) < 4.78 is 31.7. The number of rotatable bonds is 3. The van der Waals surface area contributed by atoms with Crippen LogP contribution in [0.4, 0.5) is 18.9 Å². The Labute approximate surface area is 190 Å². The van der Waals surface area contributed by atoms with Gasteiger partial charge in [-0.15, -0.1) is 0 Å². The number of amides is 1. The molecular formula is C23H27F3N4O3. The molecule has 2 N–H and O–H groups in total. The van der Waals surface area contributed by atoms with Gasteiger partial charge in [0.1, 0.15) is 5.54 Å². The number of carbonyl (C=O) groups is 2. The van der Waals surface area contributed by atoms with Crippen molar-refractivity contribution in [2.24, 2.45) is 0 Å². The number of hydrogen-bond acceptors (Lipinski definition) is 5. The fourth-order valence-electron chi connectivity index (χ4n) is 4.19. The summed E-state index contributed by atoms with van der Waals surface area (Å²) in [6.07, 6.45) is -1.54. The van der Waals surface area contributed by atoms with Crippen LogP contribution in [0, 0.1) is 6.92 Å². The minimum absolute atomic E-state index is 0.229. The Morgan fingerprint density at radius 2 is 1.76 bits per heavy atom. The number of benzene rings is 1. The van der Waals surface area contributed by atoms with Crippen LogP contribution in [0.5, 0.6) is 0 Å². The Morgan fingerprint density at radius 3 is 2.30 bits per heavy atom. The van der Waals surface area contributed by atoms with Gasteiger partial charge in [-0.05, 0) is 50.6 Å². The van der Waals surface area contributed by atoms with E-state index in [0.29, 0.717) is 6.54 Å². The first-order valence-electron chi connectivity index (χ1n) is 10.7. The summed E-state index contributed by atoms with van der Waals surface area (Å²) in [5.41, 5.74) is 2.74. The molecule has 0 atom stereocenters. The van der Waals surface area contributed by atoms with Crippen molar-refractivity contribution in [2.75, 3.05) is 31.1 Å². The van der Waals surface area contributed by atoms with E-state index in [2.05, 4.69) is 39.5 Å². The average Bonchev–Trinajstić information content (AvgIpc) is 2.79. The second kappa shape index (κ2) is 10.3. The summed E-state index contributed by atoms with van der Waals surface area (Å²) in [4.78, 5) is 31.3. The molecule has 2 fully saturated rings. The summed E-state index contributed by atoms with van der Waals surface area (Å²) >= 11 is 0. The fraction of sp³-hybridized carbons (Fsp3) is 0.435. The summed E-state index contributed by atoms with van der Waals surface area (Å²) in [7, 11) is 0. The molecule has 2 saturated heterocycles. The first-order chi connectivity index (χ1) is 15.6. The van der Waals surface area contributed by atoms with Crippen molar-refractivity contribution in [1.82, 2.24) is 15.2 Å². The Bertz CT molecular complexity index is 946. The maximum absolute atomic E-state index is 13.6. The lowest BCUT2D eigenvalue weighted by molar-refractivity contribution is -0.192. The molecule has 0 unspecified atom stereocenters. The topological polar surface area (TPSA) is 85.8 Å². The van der Waals surface area contributed by atoms with Crippen LogP contribution < -0.4 is 10.2 Å². The third kappa shape index (κ3) is 5.88. The number of halogens is 3. The number of piperazine rings is 1. The van der Waals surface area contributed by atoms with Crippen molar-refractivity contribution in [3.05, 3.63) is 59.9 Å². The Morgan fingerprint density at radius 1 is 1.12 bits per heavy atom. The van der Waals surface area contributed by atoms with Gasteiger partial charge >= 0.3 is 12.1 Å². The molecule has 0 saturated carbocycles. The Hall–Kier alpha value is -2.98. The number of alkyl halides is 3. The number of carboxylic acid groups (broad SMARTS) is 1. The summed E-state index contributed by atoms with van der Waals surface area (Å²) in [6.45, 7) is 6.17. The van der Waals surface area contributed by atoms with Gasteiger partial charge in [0.25, 0.3) is 0 Å². The smallest absolute Gasteiger partial charge is 0.475 e. The van der Waals surface area contributed by atoms with Gasteiger partial charge in [-0.1, -0.05) is 30.3 Å². The maximum atomic E-state index is 13.6. The van der Waals surface area contributed by atoms with E-state index in [1.807, 2.05) is 36.2 Å². The minimum atomic E-state index is -5.08. The molecule has 1 spiro atoms. The van der Waals surface area contributed by atoms with E-state index in [0.717, 1.165) is 50.4 Å². The van der Waals surface area contributed by atoms with Gasteiger partial charge < -0.3 is 15.3 Å². The molecule has 0 bridgehead atoms. The van der Waals surface area contributed by atoms with Crippen LogP contribution in [-0.2, 0) is 16.1 Å². The lowest BCUT2D eigenvalue weighted by Gasteiger charge is -2.51. The zero-order valence-corrected chi connectivity index (χ0v) is 18.3. The molecule has 3 heterocycles. The highest BCUT2D eigenvalue weighted by Crippen LogP contribution is 2.35. The zero-order valence-electron chi connectivity index (χ0n) is 18.3. The van der Waals surface area contributed by atoms with E-state index in [4.69, 9.17) is 9.90 Å². The first kappa shape index (κ1) is 24.7. The number of aromatic nitrogens is 1. The van der Waals surface area contributed by atoms with Gasteiger partial charge in [0.2, 0.25) is 5.91 Å². The normalized spacial score (nSPS) is 18.5. The van der Waals surface area contributed by atoms with Crippen LogP contribution in [0.25, 0.3) is 0 Å². The van der Waals surface area contributed by atoms with E-state index < -0.39 is 17.7 Å². The summed E-state index contributed by atoms with van der Waals surface area (Å²) in [5, 5.41) is 10.5. The molecule has 2 aromatic rings. The SMILES string of the molecule is Cc1ccc(N2CCN(Cc3ccccc3)C3(CCNCC3)C2=O)cn1.O=C(O)C(F)(F)F. The number of hydrogen-bond donors (Lipinski definition) is 2. The lowest BCUT2D eigenvalue weighted by Crippen LogP contribution is -2.68. The van der Waals surface area contributed by atoms with Gasteiger partial charge in [0.05, 0.1) is 11.9 Å². The highest BCUT2D eigenvalue weighted by molar-refractivity contribution is 6.01.